The Morgan fingerprint density at radius 1 is 0.857 bits per heavy atom. The number of nitrogens with zero attached hydrogens (tertiary/aromatic N) is 2. The molecule has 5 aromatic rings. The van der Waals surface area contributed by atoms with Crippen molar-refractivity contribution in [1.82, 2.24) is 14.7 Å². The van der Waals surface area contributed by atoms with Gasteiger partial charge in [-0.05, 0) is 54.7 Å². The molecule has 0 saturated carbocycles. The van der Waals surface area contributed by atoms with Crippen molar-refractivity contribution in [1.29, 1.82) is 0 Å². The molecule has 0 aliphatic heterocycles. The van der Waals surface area contributed by atoms with Crippen molar-refractivity contribution in [2.45, 2.75) is 32.7 Å². The number of amides is 1. The number of imidazole rings is 1. The van der Waals surface area contributed by atoms with Gasteiger partial charge in [-0.3, -0.25) is 4.79 Å². The summed E-state index contributed by atoms with van der Waals surface area (Å²) in [4.78, 5) is 17.9. The van der Waals surface area contributed by atoms with E-state index in [-0.39, 0.29) is 11.9 Å². The van der Waals surface area contributed by atoms with Gasteiger partial charge in [0.15, 0.2) is 0 Å². The van der Waals surface area contributed by atoms with E-state index in [4.69, 9.17) is 4.98 Å². The third-order valence-electron chi connectivity index (χ3n) is 6.49. The number of hydrogen-bond acceptors (Lipinski definition) is 2. The fraction of sp³-hybridized carbons (Fsp3) is 0.161. The molecule has 5 rings (SSSR count). The number of rotatable bonds is 7. The Kier molecular flexibility index (Phi) is 6.44. The summed E-state index contributed by atoms with van der Waals surface area (Å²) in [5, 5.41) is 3.14. The lowest BCUT2D eigenvalue weighted by Gasteiger charge is -2.14. The Hall–Kier alpha value is -4.18. The van der Waals surface area contributed by atoms with Crippen LogP contribution in [0, 0.1) is 6.92 Å². The molecule has 2 heterocycles. The SMILES string of the molecule is Cc1ccccc1-c1ccc2nc(-c3ccccc3)c(CCC(=O)N[C@@H](C)c3ccccc3)n2c1. The minimum absolute atomic E-state index is 0.0328. The van der Waals surface area contributed by atoms with Crippen molar-refractivity contribution in [3.8, 4) is 22.4 Å². The first-order valence-electron chi connectivity index (χ1n) is 12.1. The smallest absolute Gasteiger partial charge is 0.220 e. The van der Waals surface area contributed by atoms with E-state index < -0.39 is 0 Å². The third kappa shape index (κ3) is 4.87. The Labute approximate surface area is 206 Å². The summed E-state index contributed by atoms with van der Waals surface area (Å²) >= 11 is 0. The lowest BCUT2D eigenvalue weighted by Crippen LogP contribution is -2.26. The molecule has 2 aromatic heterocycles. The lowest BCUT2D eigenvalue weighted by molar-refractivity contribution is -0.121. The predicted octanol–water partition coefficient (Wildman–Crippen LogP) is 6.79. The van der Waals surface area contributed by atoms with E-state index in [1.54, 1.807) is 0 Å². The van der Waals surface area contributed by atoms with E-state index >= 15 is 0 Å². The lowest BCUT2D eigenvalue weighted by atomic mass is 10.0. The van der Waals surface area contributed by atoms with Crippen LogP contribution < -0.4 is 5.32 Å². The third-order valence-corrected chi connectivity index (χ3v) is 6.49. The minimum atomic E-state index is -0.0351. The van der Waals surface area contributed by atoms with Crippen LogP contribution in [0.1, 0.15) is 36.2 Å². The number of carbonyl (C=O) groups excluding carboxylic acids is 1. The van der Waals surface area contributed by atoms with Crippen LogP contribution in [0.15, 0.2) is 103 Å². The highest BCUT2D eigenvalue weighted by Crippen LogP contribution is 2.29. The van der Waals surface area contributed by atoms with Crippen molar-refractivity contribution in [2.75, 3.05) is 0 Å². The molecular weight excluding hydrogens is 430 g/mol. The van der Waals surface area contributed by atoms with E-state index in [1.165, 1.54) is 11.1 Å². The van der Waals surface area contributed by atoms with E-state index in [2.05, 4.69) is 71.4 Å². The van der Waals surface area contributed by atoms with Gasteiger partial charge in [0.2, 0.25) is 5.91 Å². The van der Waals surface area contributed by atoms with Gasteiger partial charge in [0.05, 0.1) is 17.4 Å². The first-order chi connectivity index (χ1) is 17.1. The highest BCUT2D eigenvalue weighted by atomic mass is 16.1. The highest BCUT2D eigenvalue weighted by molar-refractivity contribution is 5.77. The summed E-state index contributed by atoms with van der Waals surface area (Å²) in [5.41, 5.74) is 8.58. The molecule has 3 aromatic carbocycles. The Morgan fingerprint density at radius 2 is 1.54 bits per heavy atom. The second kappa shape index (κ2) is 9.98. The van der Waals surface area contributed by atoms with E-state index in [0.29, 0.717) is 12.8 Å². The molecule has 4 heteroatoms. The molecule has 1 amide bonds. The molecule has 0 unspecified atom stereocenters. The van der Waals surface area contributed by atoms with E-state index in [1.807, 2.05) is 55.5 Å². The molecule has 4 nitrogen and oxygen atoms in total. The second-order valence-corrected chi connectivity index (χ2v) is 8.93. The van der Waals surface area contributed by atoms with Gasteiger partial charge in [-0.15, -0.1) is 0 Å². The van der Waals surface area contributed by atoms with Crippen molar-refractivity contribution in [2.24, 2.45) is 0 Å². The summed E-state index contributed by atoms with van der Waals surface area (Å²) in [7, 11) is 0. The Morgan fingerprint density at radius 3 is 2.29 bits per heavy atom. The average Bonchev–Trinajstić information content (AvgIpc) is 3.26. The van der Waals surface area contributed by atoms with Gasteiger partial charge < -0.3 is 9.72 Å². The normalized spacial score (nSPS) is 11.9. The molecule has 1 atom stereocenters. The molecular formula is C31H29N3O. The van der Waals surface area contributed by atoms with Crippen LogP contribution in [-0.2, 0) is 11.2 Å². The number of aryl methyl sites for hydroxylation is 2. The van der Waals surface area contributed by atoms with Crippen molar-refractivity contribution in [3.63, 3.8) is 0 Å². The van der Waals surface area contributed by atoms with E-state index in [0.717, 1.165) is 33.7 Å². The van der Waals surface area contributed by atoms with E-state index in [9.17, 15) is 4.79 Å². The average molecular weight is 460 g/mol. The summed E-state index contributed by atoms with van der Waals surface area (Å²) in [6.07, 6.45) is 3.13. The van der Waals surface area contributed by atoms with Crippen LogP contribution in [0.3, 0.4) is 0 Å². The van der Waals surface area contributed by atoms with Gasteiger partial charge in [0.25, 0.3) is 0 Å². The Balaban J connectivity index is 1.47. The zero-order valence-corrected chi connectivity index (χ0v) is 20.1. The molecule has 174 valence electrons. The quantitative estimate of drug-likeness (QED) is 0.291. The molecule has 35 heavy (non-hydrogen) atoms. The van der Waals surface area contributed by atoms with Gasteiger partial charge >= 0.3 is 0 Å². The maximum Gasteiger partial charge on any atom is 0.220 e. The fourth-order valence-corrected chi connectivity index (χ4v) is 4.59. The fourth-order valence-electron chi connectivity index (χ4n) is 4.59. The maximum absolute atomic E-state index is 12.9. The maximum atomic E-state index is 12.9. The molecule has 0 bridgehead atoms. The summed E-state index contributed by atoms with van der Waals surface area (Å²) < 4.78 is 2.15. The zero-order valence-electron chi connectivity index (χ0n) is 20.1. The Bertz CT molecular complexity index is 1460. The molecule has 0 fully saturated rings. The summed E-state index contributed by atoms with van der Waals surface area (Å²) in [6.45, 7) is 4.15. The monoisotopic (exact) mass is 459 g/mol. The molecule has 0 aliphatic carbocycles. The van der Waals surface area contributed by atoms with Crippen molar-refractivity contribution < 1.29 is 4.79 Å². The second-order valence-electron chi connectivity index (χ2n) is 8.93. The molecule has 0 spiro atoms. The summed E-state index contributed by atoms with van der Waals surface area (Å²) in [6, 6.07) is 32.8. The number of hydrogen-bond donors (Lipinski definition) is 1. The molecule has 0 saturated heterocycles. The highest BCUT2D eigenvalue weighted by Gasteiger charge is 2.17. The first-order valence-corrected chi connectivity index (χ1v) is 12.1. The minimum Gasteiger partial charge on any atom is -0.350 e. The standard InChI is InChI=1S/C31H29N3O/c1-22-11-9-10-16-27(22)26-17-19-29-33-31(25-14-7-4-8-15-25)28(34(29)21-26)18-20-30(35)32-23(2)24-12-5-3-6-13-24/h3-17,19,21,23H,18,20H2,1-2H3,(H,32,35)/t23-/m0/s1. The van der Waals surface area contributed by atoms with Crippen LogP contribution >= 0.6 is 0 Å². The number of pyridine rings is 1. The predicted molar refractivity (Wildman–Crippen MR) is 142 cm³/mol. The van der Waals surface area contributed by atoms with Gasteiger partial charge in [-0.1, -0.05) is 84.9 Å². The van der Waals surface area contributed by atoms with Crippen LogP contribution in [-0.4, -0.2) is 15.3 Å². The molecule has 0 aliphatic rings. The number of nitrogens with one attached hydrogen (secondary N) is 1. The number of carbonyl (C=O) groups is 1. The van der Waals surface area contributed by atoms with Gasteiger partial charge in [0.1, 0.15) is 5.65 Å². The largest absolute Gasteiger partial charge is 0.350 e. The number of benzene rings is 3. The van der Waals surface area contributed by atoms with Gasteiger partial charge in [-0.25, -0.2) is 4.98 Å². The van der Waals surface area contributed by atoms with Crippen molar-refractivity contribution in [3.05, 3.63) is 120 Å². The molecule has 0 radical (unpaired) electrons. The number of aromatic nitrogens is 2. The van der Waals surface area contributed by atoms with Crippen LogP contribution in [0.2, 0.25) is 0 Å². The zero-order chi connectivity index (χ0) is 24.2. The first kappa shape index (κ1) is 22.6. The summed E-state index contributed by atoms with van der Waals surface area (Å²) in [5.74, 6) is 0.0328. The van der Waals surface area contributed by atoms with Gasteiger partial charge in [0, 0.05) is 18.2 Å². The van der Waals surface area contributed by atoms with Crippen LogP contribution in [0.5, 0.6) is 0 Å². The van der Waals surface area contributed by atoms with Gasteiger partial charge in [-0.2, -0.15) is 0 Å². The number of fused-ring (bicyclic) bond motifs is 1. The molecule has 1 N–H and O–H groups in total. The van der Waals surface area contributed by atoms with Crippen LogP contribution in [0.25, 0.3) is 28.0 Å². The van der Waals surface area contributed by atoms with Crippen molar-refractivity contribution >= 4 is 11.6 Å². The topological polar surface area (TPSA) is 46.4 Å². The van der Waals surface area contributed by atoms with Crippen LogP contribution in [0.4, 0.5) is 0 Å².